The number of rotatable bonds is 1. The molecule has 0 saturated carbocycles. The van der Waals surface area contributed by atoms with Crippen LogP contribution < -0.4 is 11.1 Å². The first-order chi connectivity index (χ1) is 4.39. The Bertz CT molecular complexity index is 133. The van der Waals surface area contributed by atoms with Crippen molar-refractivity contribution in [3.05, 3.63) is 0 Å². The maximum atomic E-state index is 11.5. The number of amides is 1. The number of nitrogens with two attached hydrogens (primary N) is 1. The van der Waals surface area contributed by atoms with Crippen LogP contribution in [0.15, 0.2) is 0 Å². The molecule has 1 amide bonds. The van der Waals surface area contributed by atoms with Crippen LogP contribution in [0.25, 0.3) is 0 Å². The molecule has 60 valence electrons. The van der Waals surface area contributed by atoms with E-state index in [1.165, 1.54) is 0 Å². The third-order valence-corrected chi connectivity index (χ3v) is 0.882. The molecule has 0 rings (SSSR count). The van der Waals surface area contributed by atoms with Gasteiger partial charge in [0.25, 0.3) is 0 Å². The van der Waals surface area contributed by atoms with Crippen LogP contribution in [0.4, 0.5) is 13.2 Å². The number of nitrogens with one attached hydrogen (secondary N) is 1. The number of likely N-dealkylation sites (N-methyl/N-ethyl adjacent to an activating group) is 1. The Morgan fingerprint density at radius 2 is 2.00 bits per heavy atom. The number of halogens is 3. The summed E-state index contributed by atoms with van der Waals surface area (Å²) in [7, 11) is 1.09. The summed E-state index contributed by atoms with van der Waals surface area (Å²) in [5.41, 5.74) is 4.47. The number of alkyl halides is 3. The standard InChI is InChI=1S/C4H7F3N2O/c1-9-3(10)2(8)4(5,6)7/h2H,8H2,1H3,(H,9,10). The Morgan fingerprint density at radius 3 is 2.10 bits per heavy atom. The second-order valence-corrected chi connectivity index (χ2v) is 1.63. The van der Waals surface area contributed by atoms with Crippen molar-refractivity contribution in [3.63, 3.8) is 0 Å². The Kier molecular flexibility index (Phi) is 2.65. The van der Waals surface area contributed by atoms with Crippen LogP contribution in [0.2, 0.25) is 0 Å². The highest BCUT2D eigenvalue weighted by molar-refractivity contribution is 5.81. The summed E-state index contributed by atoms with van der Waals surface area (Å²) >= 11 is 0. The number of hydrogen-bond donors (Lipinski definition) is 2. The zero-order valence-electron chi connectivity index (χ0n) is 5.20. The summed E-state index contributed by atoms with van der Waals surface area (Å²) in [6.45, 7) is 0. The first kappa shape index (κ1) is 9.22. The van der Waals surface area contributed by atoms with Gasteiger partial charge in [-0.1, -0.05) is 0 Å². The van der Waals surface area contributed by atoms with Crippen molar-refractivity contribution in [1.29, 1.82) is 0 Å². The monoisotopic (exact) mass is 156 g/mol. The fourth-order valence-electron chi connectivity index (χ4n) is 0.304. The lowest BCUT2D eigenvalue weighted by Crippen LogP contribution is -2.49. The second-order valence-electron chi connectivity index (χ2n) is 1.63. The molecule has 0 saturated heterocycles. The molecule has 3 nitrogen and oxygen atoms in total. The third-order valence-electron chi connectivity index (χ3n) is 0.882. The van der Waals surface area contributed by atoms with Gasteiger partial charge in [0.2, 0.25) is 5.91 Å². The summed E-state index contributed by atoms with van der Waals surface area (Å²) in [6, 6.07) is -2.42. The molecule has 0 spiro atoms. The minimum atomic E-state index is -4.65. The maximum Gasteiger partial charge on any atom is 0.412 e. The van der Waals surface area contributed by atoms with E-state index in [1.54, 1.807) is 5.32 Å². The number of carbonyl (C=O) groups excluding carboxylic acids is 1. The minimum Gasteiger partial charge on any atom is -0.358 e. The average molecular weight is 156 g/mol. The van der Waals surface area contributed by atoms with Crippen molar-refractivity contribution in [2.24, 2.45) is 5.73 Å². The van der Waals surface area contributed by atoms with Gasteiger partial charge in [0, 0.05) is 7.05 Å². The molecule has 6 heteroatoms. The van der Waals surface area contributed by atoms with Crippen molar-refractivity contribution in [1.82, 2.24) is 5.32 Å². The van der Waals surface area contributed by atoms with E-state index in [0.717, 1.165) is 7.05 Å². The first-order valence-corrected chi connectivity index (χ1v) is 2.43. The van der Waals surface area contributed by atoms with Gasteiger partial charge >= 0.3 is 6.18 Å². The van der Waals surface area contributed by atoms with Crippen molar-refractivity contribution in [3.8, 4) is 0 Å². The SMILES string of the molecule is CNC(=O)C(N)C(F)(F)F. The van der Waals surface area contributed by atoms with Gasteiger partial charge in [-0.15, -0.1) is 0 Å². The summed E-state index contributed by atoms with van der Waals surface area (Å²) in [4.78, 5) is 10.2. The third kappa shape index (κ3) is 2.22. The number of hydrogen-bond acceptors (Lipinski definition) is 2. The fraction of sp³-hybridized carbons (Fsp3) is 0.750. The minimum absolute atomic E-state index is 1.09. The van der Waals surface area contributed by atoms with Crippen LogP contribution in [0.5, 0.6) is 0 Å². The molecule has 3 N–H and O–H groups in total. The van der Waals surface area contributed by atoms with Gasteiger partial charge in [0.1, 0.15) is 0 Å². The molecule has 1 unspecified atom stereocenters. The van der Waals surface area contributed by atoms with Gasteiger partial charge in [-0.2, -0.15) is 13.2 Å². The smallest absolute Gasteiger partial charge is 0.358 e. The zero-order chi connectivity index (χ0) is 8.36. The summed E-state index contributed by atoms with van der Waals surface area (Å²) < 4.78 is 34.5. The lowest BCUT2D eigenvalue weighted by Gasteiger charge is -2.12. The summed E-state index contributed by atoms with van der Waals surface area (Å²) in [6.07, 6.45) is -4.65. The van der Waals surface area contributed by atoms with Gasteiger partial charge < -0.3 is 11.1 Å². The van der Waals surface area contributed by atoms with E-state index in [0.29, 0.717) is 0 Å². The molecule has 0 aromatic carbocycles. The number of carbonyl (C=O) groups is 1. The largest absolute Gasteiger partial charge is 0.412 e. The Hall–Kier alpha value is -0.780. The first-order valence-electron chi connectivity index (χ1n) is 2.43. The lowest BCUT2D eigenvalue weighted by atomic mass is 10.3. The predicted molar refractivity (Wildman–Crippen MR) is 28.1 cm³/mol. The maximum absolute atomic E-state index is 11.5. The van der Waals surface area contributed by atoms with Crippen molar-refractivity contribution < 1.29 is 18.0 Å². The van der Waals surface area contributed by atoms with Gasteiger partial charge in [-0.3, -0.25) is 4.79 Å². The van der Waals surface area contributed by atoms with Crippen LogP contribution in [0.3, 0.4) is 0 Å². The van der Waals surface area contributed by atoms with Crippen LogP contribution >= 0.6 is 0 Å². The van der Waals surface area contributed by atoms with Crippen LogP contribution in [0, 0.1) is 0 Å². The van der Waals surface area contributed by atoms with Gasteiger partial charge in [0.05, 0.1) is 0 Å². The van der Waals surface area contributed by atoms with Gasteiger partial charge in [-0.05, 0) is 0 Å². The second kappa shape index (κ2) is 2.87. The van der Waals surface area contributed by atoms with E-state index in [4.69, 9.17) is 0 Å². The van der Waals surface area contributed by atoms with Crippen molar-refractivity contribution >= 4 is 5.91 Å². The van der Waals surface area contributed by atoms with Gasteiger partial charge in [0.15, 0.2) is 6.04 Å². The highest BCUT2D eigenvalue weighted by Crippen LogP contribution is 2.17. The molecule has 0 aliphatic heterocycles. The van der Waals surface area contributed by atoms with Crippen LogP contribution in [-0.4, -0.2) is 25.2 Å². The summed E-state index contributed by atoms with van der Waals surface area (Å²) in [5, 5.41) is 1.79. The van der Waals surface area contributed by atoms with Gasteiger partial charge in [-0.25, -0.2) is 0 Å². The molecule has 0 aliphatic rings. The van der Waals surface area contributed by atoms with Crippen molar-refractivity contribution in [2.45, 2.75) is 12.2 Å². The van der Waals surface area contributed by atoms with E-state index in [2.05, 4.69) is 5.73 Å². The molecule has 0 aromatic rings. The Morgan fingerprint density at radius 1 is 1.60 bits per heavy atom. The van der Waals surface area contributed by atoms with E-state index in [1.807, 2.05) is 0 Å². The summed E-state index contributed by atoms with van der Waals surface area (Å²) in [5.74, 6) is -1.23. The molecule has 0 heterocycles. The van der Waals surface area contributed by atoms with E-state index in [9.17, 15) is 18.0 Å². The van der Waals surface area contributed by atoms with E-state index >= 15 is 0 Å². The highest BCUT2D eigenvalue weighted by atomic mass is 19.4. The molecule has 0 bridgehead atoms. The van der Waals surface area contributed by atoms with Crippen molar-refractivity contribution in [2.75, 3.05) is 7.05 Å². The molecule has 0 fully saturated rings. The predicted octanol–water partition coefficient (Wildman–Crippen LogP) is -0.378. The topological polar surface area (TPSA) is 55.1 Å². The van der Waals surface area contributed by atoms with Crippen LogP contribution in [-0.2, 0) is 4.79 Å². The van der Waals surface area contributed by atoms with Crippen LogP contribution in [0.1, 0.15) is 0 Å². The molecular weight excluding hydrogens is 149 g/mol. The quantitative estimate of drug-likeness (QED) is 0.543. The molecule has 0 aliphatic carbocycles. The molecule has 1 atom stereocenters. The molecular formula is C4H7F3N2O. The highest BCUT2D eigenvalue weighted by Gasteiger charge is 2.41. The normalized spacial score (nSPS) is 14.5. The Labute approximate surface area is 55.4 Å². The van der Waals surface area contributed by atoms with E-state index in [-0.39, 0.29) is 0 Å². The lowest BCUT2D eigenvalue weighted by molar-refractivity contribution is -0.162. The Balaban J connectivity index is 4.08. The fourth-order valence-corrected chi connectivity index (χ4v) is 0.304. The molecule has 10 heavy (non-hydrogen) atoms. The van der Waals surface area contributed by atoms with E-state index < -0.39 is 18.1 Å². The average Bonchev–Trinajstić information content (AvgIpc) is 1.83. The molecule has 0 radical (unpaired) electrons. The molecule has 0 aromatic heterocycles. The zero-order valence-corrected chi connectivity index (χ0v) is 5.20.